The SMILES string of the molecule is CSCCn1c(=NC(=O)c2ccc(Oc3ccccc3)cc2)sc2cc(C)c(C)cc21. The number of thiazole rings is 1. The van der Waals surface area contributed by atoms with E-state index in [-0.39, 0.29) is 5.91 Å². The van der Waals surface area contributed by atoms with Gasteiger partial charge in [-0.05, 0) is 79.8 Å². The second kappa shape index (κ2) is 9.54. The Kier molecular flexibility index (Phi) is 6.59. The van der Waals surface area contributed by atoms with Gasteiger partial charge in [-0.25, -0.2) is 0 Å². The predicted octanol–water partition coefficient (Wildman–Crippen LogP) is 6.22. The van der Waals surface area contributed by atoms with Crippen LogP contribution in [0, 0.1) is 13.8 Å². The van der Waals surface area contributed by atoms with E-state index in [1.54, 1.807) is 47.4 Å². The van der Waals surface area contributed by atoms with Gasteiger partial charge in [-0.2, -0.15) is 16.8 Å². The fourth-order valence-electron chi connectivity index (χ4n) is 3.25. The molecule has 3 aromatic carbocycles. The molecule has 6 heteroatoms. The first-order chi connectivity index (χ1) is 15.0. The summed E-state index contributed by atoms with van der Waals surface area (Å²) in [4.78, 5) is 18.1. The first-order valence-corrected chi connectivity index (χ1v) is 12.3. The van der Waals surface area contributed by atoms with Gasteiger partial charge in [-0.3, -0.25) is 4.79 Å². The summed E-state index contributed by atoms with van der Waals surface area (Å²) in [5.41, 5.74) is 4.18. The van der Waals surface area contributed by atoms with Gasteiger partial charge in [0.2, 0.25) is 0 Å². The summed E-state index contributed by atoms with van der Waals surface area (Å²) in [6.07, 6.45) is 2.09. The first-order valence-electron chi connectivity index (χ1n) is 10.1. The molecule has 0 aliphatic carbocycles. The molecule has 1 heterocycles. The molecule has 4 rings (SSSR count). The van der Waals surface area contributed by atoms with Gasteiger partial charge < -0.3 is 9.30 Å². The lowest BCUT2D eigenvalue weighted by atomic mass is 10.1. The molecule has 0 radical (unpaired) electrons. The molecule has 0 saturated carbocycles. The van der Waals surface area contributed by atoms with Gasteiger partial charge >= 0.3 is 0 Å². The highest BCUT2D eigenvalue weighted by Gasteiger charge is 2.11. The molecule has 0 bridgehead atoms. The van der Waals surface area contributed by atoms with E-state index in [1.165, 1.54) is 11.1 Å². The third kappa shape index (κ3) is 4.92. The van der Waals surface area contributed by atoms with Gasteiger partial charge in [0.1, 0.15) is 11.5 Å². The summed E-state index contributed by atoms with van der Waals surface area (Å²) in [5, 5.41) is 0. The van der Waals surface area contributed by atoms with Gasteiger partial charge in [-0.1, -0.05) is 29.5 Å². The molecule has 0 aliphatic rings. The number of aryl methyl sites for hydroxylation is 3. The molecule has 0 aliphatic heterocycles. The van der Waals surface area contributed by atoms with Crippen LogP contribution < -0.4 is 9.54 Å². The van der Waals surface area contributed by atoms with Crippen LogP contribution in [0.1, 0.15) is 21.5 Å². The normalized spacial score (nSPS) is 11.8. The topological polar surface area (TPSA) is 43.6 Å². The zero-order valence-electron chi connectivity index (χ0n) is 17.8. The number of carbonyl (C=O) groups excluding carboxylic acids is 1. The lowest BCUT2D eigenvalue weighted by Crippen LogP contribution is -2.18. The number of rotatable bonds is 6. The van der Waals surface area contributed by atoms with Crippen molar-refractivity contribution in [3.05, 3.63) is 88.2 Å². The van der Waals surface area contributed by atoms with E-state index in [9.17, 15) is 4.79 Å². The van der Waals surface area contributed by atoms with Crippen LogP contribution in [0.15, 0.2) is 71.7 Å². The number of aromatic nitrogens is 1. The lowest BCUT2D eigenvalue weighted by molar-refractivity contribution is 0.0998. The van der Waals surface area contributed by atoms with Crippen molar-refractivity contribution in [1.29, 1.82) is 0 Å². The summed E-state index contributed by atoms with van der Waals surface area (Å²) in [6, 6.07) is 21.1. The molecule has 4 aromatic rings. The minimum Gasteiger partial charge on any atom is -0.457 e. The van der Waals surface area contributed by atoms with Crippen LogP contribution >= 0.6 is 23.1 Å². The fourth-order valence-corrected chi connectivity index (χ4v) is 4.75. The second-order valence-corrected chi connectivity index (χ2v) is 9.28. The highest BCUT2D eigenvalue weighted by molar-refractivity contribution is 7.98. The Morgan fingerprint density at radius 3 is 2.39 bits per heavy atom. The number of benzene rings is 3. The number of ether oxygens (including phenoxy) is 1. The molecule has 0 N–H and O–H groups in total. The molecule has 1 amide bonds. The standard InChI is InChI=1S/C25H24N2O2S2/c1-17-15-22-23(16-18(17)2)31-25(27(22)13-14-30-3)26-24(28)19-9-11-21(12-10-19)29-20-7-5-4-6-8-20/h4-12,15-16H,13-14H2,1-3H3. The molecule has 0 atom stereocenters. The Bertz CT molecular complexity index is 1270. The van der Waals surface area contributed by atoms with E-state index >= 15 is 0 Å². The number of carbonyl (C=O) groups is 1. The second-order valence-electron chi connectivity index (χ2n) is 7.29. The average Bonchev–Trinajstić information content (AvgIpc) is 3.09. The molecule has 0 unspecified atom stereocenters. The maximum Gasteiger partial charge on any atom is 0.279 e. The lowest BCUT2D eigenvalue weighted by Gasteiger charge is -2.06. The van der Waals surface area contributed by atoms with Crippen molar-refractivity contribution in [2.75, 3.05) is 12.0 Å². The van der Waals surface area contributed by atoms with Gasteiger partial charge in [0.15, 0.2) is 4.80 Å². The predicted molar refractivity (Wildman–Crippen MR) is 131 cm³/mol. The number of hydrogen-bond acceptors (Lipinski definition) is 4. The summed E-state index contributed by atoms with van der Waals surface area (Å²) >= 11 is 3.35. The number of hydrogen-bond donors (Lipinski definition) is 0. The number of para-hydroxylation sites is 1. The molecule has 0 fully saturated rings. The van der Waals surface area contributed by atoms with Crippen LogP contribution in [-0.2, 0) is 6.54 Å². The van der Waals surface area contributed by atoms with Crippen LogP contribution in [0.4, 0.5) is 0 Å². The van der Waals surface area contributed by atoms with Gasteiger partial charge in [0, 0.05) is 17.9 Å². The largest absolute Gasteiger partial charge is 0.457 e. The van der Waals surface area contributed by atoms with Crippen LogP contribution in [0.5, 0.6) is 11.5 Å². The van der Waals surface area contributed by atoms with E-state index < -0.39 is 0 Å². The zero-order chi connectivity index (χ0) is 21.8. The average molecular weight is 449 g/mol. The minimum absolute atomic E-state index is 0.246. The monoisotopic (exact) mass is 448 g/mol. The molecular formula is C25H24N2O2S2. The molecule has 0 spiro atoms. The minimum atomic E-state index is -0.246. The molecular weight excluding hydrogens is 424 g/mol. The van der Waals surface area contributed by atoms with E-state index in [1.807, 2.05) is 30.3 Å². The zero-order valence-corrected chi connectivity index (χ0v) is 19.4. The number of fused-ring (bicyclic) bond motifs is 1. The number of thioether (sulfide) groups is 1. The summed E-state index contributed by atoms with van der Waals surface area (Å²) in [6.45, 7) is 5.05. The van der Waals surface area contributed by atoms with Crippen LogP contribution in [-0.4, -0.2) is 22.5 Å². The van der Waals surface area contributed by atoms with Crippen molar-refractivity contribution in [1.82, 2.24) is 4.57 Å². The molecule has 31 heavy (non-hydrogen) atoms. The summed E-state index contributed by atoms with van der Waals surface area (Å²) in [7, 11) is 0. The highest BCUT2D eigenvalue weighted by Crippen LogP contribution is 2.23. The quantitative estimate of drug-likeness (QED) is 0.352. The third-order valence-corrected chi connectivity index (χ3v) is 6.73. The van der Waals surface area contributed by atoms with Gasteiger partial charge in [-0.15, -0.1) is 0 Å². The Morgan fingerprint density at radius 1 is 1.00 bits per heavy atom. The van der Waals surface area contributed by atoms with Crippen molar-refractivity contribution in [2.45, 2.75) is 20.4 Å². The van der Waals surface area contributed by atoms with Gasteiger partial charge in [0.05, 0.1) is 10.2 Å². The van der Waals surface area contributed by atoms with Crippen molar-refractivity contribution in [3.8, 4) is 11.5 Å². The number of nitrogens with zero attached hydrogens (tertiary/aromatic N) is 2. The van der Waals surface area contributed by atoms with Crippen molar-refractivity contribution in [2.24, 2.45) is 4.99 Å². The van der Waals surface area contributed by atoms with Crippen molar-refractivity contribution in [3.63, 3.8) is 0 Å². The molecule has 1 aromatic heterocycles. The fraction of sp³-hybridized carbons (Fsp3) is 0.200. The Morgan fingerprint density at radius 2 is 1.68 bits per heavy atom. The third-order valence-electron chi connectivity index (χ3n) is 5.09. The van der Waals surface area contributed by atoms with E-state index in [0.29, 0.717) is 11.3 Å². The number of amides is 1. The van der Waals surface area contributed by atoms with Crippen LogP contribution in [0.2, 0.25) is 0 Å². The Balaban J connectivity index is 1.65. The van der Waals surface area contributed by atoms with Crippen molar-refractivity contribution < 1.29 is 9.53 Å². The van der Waals surface area contributed by atoms with Crippen LogP contribution in [0.25, 0.3) is 10.2 Å². The maximum absolute atomic E-state index is 12.9. The molecule has 158 valence electrons. The molecule has 4 nitrogen and oxygen atoms in total. The van der Waals surface area contributed by atoms with E-state index in [2.05, 4.69) is 41.8 Å². The van der Waals surface area contributed by atoms with Crippen molar-refractivity contribution >= 4 is 39.2 Å². The first kappa shape index (κ1) is 21.4. The summed E-state index contributed by atoms with van der Waals surface area (Å²) < 4.78 is 9.13. The van der Waals surface area contributed by atoms with E-state index in [0.717, 1.165) is 33.1 Å². The Hall–Kier alpha value is -2.83. The maximum atomic E-state index is 12.9. The molecule has 0 saturated heterocycles. The van der Waals surface area contributed by atoms with Crippen LogP contribution in [0.3, 0.4) is 0 Å². The summed E-state index contributed by atoms with van der Waals surface area (Å²) in [5.74, 6) is 2.16. The highest BCUT2D eigenvalue weighted by atomic mass is 32.2. The smallest absolute Gasteiger partial charge is 0.279 e. The Labute approximate surface area is 190 Å². The van der Waals surface area contributed by atoms with E-state index in [4.69, 9.17) is 4.74 Å². The van der Waals surface area contributed by atoms with Gasteiger partial charge in [0.25, 0.3) is 5.91 Å².